The van der Waals surface area contributed by atoms with Gasteiger partial charge in [-0.05, 0) is 0 Å². The Labute approximate surface area is 82.0 Å². The second kappa shape index (κ2) is 4.61. The molecule has 6 heteroatoms. The minimum atomic E-state index is -0.200. The average molecular weight is 198 g/mol. The molecule has 1 aromatic heterocycles. The van der Waals surface area contributed by atoms with Crippen LogP contribution in [0.2, 0.25) is 0 Å². The Morgan fingerprint density at radius 1 is 1.79 bits per heavy atom. The molecule has 0 bridgehead atoms. The number of aryl methyl sites for hydroxylation is 1. The molecule has 1 amide bonds. The maximum absolute atomic E-state index is 11.5. The number of anilines is 1. The molecule has 0 saturated carbocycles. The summed E-state index contributed by atoms with van der Waals surface area (Å²) in [7, 11) is 3.25. The summed E-state index contributed by atoms with van der Waals surface area (Å²) in [6, 6.07) is 1.53. The summed E-state index contributed by atoms with van der Waals surface area (Å²) in [4.78, 5) is 11.5. The second-order valence-electron chi connectivity index (χ2n) is 2.83. The van der Waals surface area contributed by atoms with Crippen molar-refractivity contribution in [3.63, 3.8) is 0 Å². The van der Waals surface area contributed by atoms with E-state index in [9.17, 15) is 4.79 Å². The molecule has 1 heterocycles. The van der Waals surface area contributed by atoms with Crippen molar-refractivity contribution in [3.8, 4) is 0 Å². The molecule has 1 rings (SSSR count). The van der Waals surface area contributed by atoms with E-state index in [1.54, 1.807) is 14.2 Å². The number of nitrogens with two attached hydrogens (primary N) is 1. The van der Waals surface area contributed by atoms with Gasteiger partial charge in [0.05, 0.1) is 6.61 Å². The van der Waals surface area contributed by atoms with Gasteiger partial charge in [0.1, 0.15) is 11.5 Å². The van der Waals surface area contributed by atoms with Crippen LogP contribution in [0.4, 0.5) is 5.82 Å². The van der Waals surface area contributed by atoms with Crippen molar-refractivity contribution in [1.82, 2.24) is 15.1 Å². The van der Waals surface area contributed by atoms with Crippen molar-refractivity contribution in [2.24, 2.45) is 7.05 Å². The number of carbonyl (C=O) groups is 1. The monoisotopic (exact) mass is 198 g/mol. The lowest BCUT2D eigenvalue weighted by molar-refractivity contribution is 0.0927. The van der Waals surface area contributed by atoms with Crippen LogP contribution in [0, 0.1) is 0 Å². The molecule has 3 N–H and O–H groups in total. The Morgan fingerprint density at radius 2 is 2.50 bits per heavy atom. The van der Waals surface area contributed by atoms with E-state index in [2.05, 4.69) is 10.4 Å². The van der Waals surface area contributed by atoms with E-state index < -0.39 is 0 Å². The summed E-state index contributed by atoms with van der Waals surface area (Å²) in [6.45, 7) is 0.958. The predicted molar refractivity (Wildman–Crippen MR) is 51.8 cm³/mol. The van der Waals surface area contributed by atoms with E-state index >= 15 is 0 Å². The number of amides is 1. The van der Waals surface area contributed by atoms with Crippen molar-refractivity contribution in [1.29, 1.82) is 0 Å². The zero-order valence-corrected chi connectivity index (χ0v) is 8.28. The van der Waals surface area contributed by atoms with E-state index in [0.717, 1.165) is 0 Å². The molecule has 78 valence electrons. The summed E-state index contributed by atoms with van der Waals surface area (Å²) in [5.74, 6) is 0.137. The Hall–Kier alpha value is -1.56. The molecular weight excluding hydrogens is 184 g/mol. The van der Waals surface area contributed by atoms with Crippen LogP contribution in [-0.2, 0) is 11.8 Å². The first-order chi connectivity index (χ1) is 6.65. The number of carbonyl (C=O) groups excluding carboxylic acids is 1. The maximum Gasteiger partial charge on any atom is 0.269 e. The zero-order chi connectivity index (χ0) is 10.6. The summed E-state index contributed by atoms with van der Waals surface area (Å²) in [5, 5.41) is 6.54. The first kappa shape index (κ1) is 10.5. The molecule has 0 aliphatic rings. The lowest BCUT2D eigenvalue weighted by atomic mass is 10.4. The molecule has 0 aromatic carbocycles. The van der Waals surface area contributed by atoms with E-state index in [1.165, 1.54) is 10.7 Å². The summed E-state index contributed by atoms with van der Waals surface area (Å²) in [5.41, 5.74) is 5.88. The van der Waals surface area contributed by atoms with E-state index in [4.69, 9.17) is 10.5 Å². The van der Waals surface area contributed by atoms with E-state index in [1.807, 2.05) is 0 Å². The Balaban J connectivity index is 2.56. The van der Waals surface area contributed by atoms with Crippen LogP contribution in [0.5, 0.6) is 0 Å². The van der Waals surface area contributed by atoms with Gasteiger partial charge in [-0.1, -0.05) is 0 Å². The number of rotatable bonds is 4. The third kappa shape index (κ3) is 2.46. The quantitative estimate of drug-likeness (QED) is 0.631. The Morgan fingerprint density at radius 3 is 3.00 bits per heavy atom. The number of nitrogen functional groups attached to an aromatic ring is 1. The third-order valence-corrected chi connectivity index (χ3v) is 1.72. The highest BCUT2D eigenvalue weighted by Crippen LogP contribution is 2.03. The minimum Gasteiger partial charge on any atom is -0.383 e. The van der Waals surface area contributed by atoms with E-state index in [0.29, 0.717) is 24.7 Å². The molecule has 0 spiro atoms. The SMILES string of the molecule is COCCNC(=O)c1cc(N)nn1C. The van der Waals surface area contributed by atoms with E-state index in [-0.39, 0.29) is 5.91 Å². The number of hydrogen-bond donors (Lipinski definition) is 2. The van der Waals surface area contributed by atoms with Gasteiger partial charge in [-0.2, -0.15) is 5.10 Å². The number of nitrogens with zero attached hydrogens (tertiary/aromatic N) is 2. The van der Waals surface area contributed by atoms with Crippen LogP contribution in [0.25, 0.3) is 0 Å². The van der Waals surface area contributed by atoms with Gasteiger partial charge in [0.25, 0.3) is 5.91 Å². The number of hydrogen-bond acceptors (Lipinski definition) is 4. The van der Waals surface area contributed by atoms with Crippen molar-refractivity contribution < 1.29 is 9.53 Å². The molecule has 0 radical (unpaired) electrons. The minimum absolute atomic E-state index is 0.200. The maximum atomic E-state index is 11.5. The fourth-order valence-corrected chi connectivity index (χ4v) is 1.06. The van der Waals surface area contributed by atoms with Gasteiger partial charge in [0.2, 0.25) is 0 Å². The molecule has 0 aliphatic heterocycles. The lowest BCUT2D eigenvalue weighted by Gasteiger charge is -2.03. The molecule has 0 saturated heterocycles. The number of nitrogens with one attached hydrogen (secondary N) is 1. The molecule has 1 aromatic rings. The first-order valence-corrected chi connectivity index (χ1v) is 4.22. The van der Waals surface area contributed by atoms with Crippen molar-refractivity contribution in [3.05, 3.63) is 11.8 Å². The number of methoxy groups -OCH3 is 1. The molecule has 0 aliphatic carbocycles. The Bertz CT molecular complexity index is 321. The molecule has 14 heavy (non-hydrogen) atoms. The summed E-state index contributed by atoms with van der Waals surface area (Å²) < 4.78 is 6.24. The largest absolute Gasteiger partial charge is 0.383 e. The van der Waals surface area contributed by atoms with Crippen molar-refractivity contribution >= 4 is 11.7 Å². The van der Waals surface area contributed by atoms with Gasteiger partial charge in [0, 0.05) is 26.8 Å². The average Bonchev–Trinajstić information content (AvgIpc) is 2.45. The van der Waals surface area contributed by atoms with Gasteiger partial charge in [0.15, 0.2) is 0 Å². The van der Waals surface area contributed by atoms with Crippen molar-refractivity contribution in [2.75, 3.05) is 26.0 Å². The second-order valence-corrected chi connectivity index (χ2v) is 2.83. The van der Waals surface area contributed by atoms with Crippen LogP contribution < -0.4 is 11.1 Å². The number of aromatic nitrogens is 2. The lowest BCUT2D eigenvalue weighted by Crippen LogP contribution is -2.28. The van der Waals surface area contributed by atoms with Gasteiger partial charge >= 0.3 is 0 Å². The molecular formula is C8H14N4O2. The summed E-state index contributed by atoms with van der Waals surface area (Å²) >= 11 is 0. The molecule has 0 atom stereocenters. The topological polar surface area (TPSA) is 82.2 Å². The fourth-order valence-electron chi connectivity index (χ4n) is 1.06. The van der Waals surface area contributed by atoms with Gasteiger partial charge in [-0.3, -0.25) is 9.48 Å². The Kier molecular flexibility index (Phi) is 3.47. The fraction of sp³-hybridized carbons (Fsp3) is 0.500. The van der Waals surface area contributed by atoms with Gasteiger partial charge in [-0.15, -0.1) is 0 Å². The standard InChI is InChI=1S/C8H14N4O2/c1-12-6(5-7(9)11-12)8(13)10-3-4-14-2/h5H,3-4H2,1-2H3,(H2,9,11)(H,10,13). The van der Waals surface area contributed by atoms with Gasteiger partial charge < -0.3 is 15.8 Å². The van der Waals surface area contributed by atoms with Crippen LogP contribution in [-0.4, -0.2) is 35.9 Å². The number of ether oxygens (including phenoxy) is 1. The van der Waals surface area contributed by atoms with Crippen LogP contribution in [0.3, 0.4) is 0 Å². The van der Waals surface area contributed by atoms with Crippen LogP contribution >= 0.6 is 0 Å². The van der Waals surface area contributed by atoms with Gasteiger partial charge in [-0.25, -0.2) is 0 Å². The predicted octanol–water partition coefficient (Wildman–Crippen LogP) is -0.621. The highest BCUT2D eigenvalue weighted by molar-refractivity contribution is 5.93. The highest BCUT2D eigenvalue weighted by atomic mass is 16.5. The normalized spacial score (nSPS) is 10.1. The smallest absolute Gasteiger partial charge is 0.269 e. The molecule has 0 fully saturated rings. The summed E-state index contributed by atoms with van der Waals surface area (Å²) in [6.07, 6.45) is 0. The van der Waals surface area contributed by atoms with Crippen LogP contribution in [0.15, 0.2) is 6.07 Å². The third-order valence-electron chi connectivity index (χ3n) is 1.72. The van der Waals surface area contributed by atoms with Crippen LogP contribution in [0.1, 0.15) is 10.5 Å². The highest BCUT2D eigenvalue weighted by Gasteiger charge is 2.10. The molecule has 0 unspecified atom stereocenters. The first-order valence-electron chi connectivity index (χ1n) is 4.22. The zero-order valence-electron chi connectivity index (χ0n) is 8.28. The molecule has 6 nitrogen and oxygen atoms in total. The van der Waals surface area contributed by atoms with Crippen molar-refractivity contribution in [2.45, 2.75) is 0 Å².